The van der Waals surface area contributed by atoms with Crippen LogP contribution in [0.25, 0.3) is 16.7 Å². The second kappa shape index (κ2) is 9.06. The summed E-state index contributed by atoms with van der Waals surface area (Å²) in [5, 5.41) is 20.2. The van der Waals surface area contributed by atoms with Crippen LogP contribution in [0.2, 0.25) is 10.0 Å². The number of nitrogens with zero attached hydrogens (tertiary/aromatic N) is 4. The van der Waals surface area contributed by atoms with Gasteiger partial charge >= 0.3 is 0 Å². The van der Waals surface area contributed by atoms with Crippen LogP contribution in [0.4, 0.5) is 5.82 Å². The van der Waals surface area contributed by atoms with Crippen LogP contribution in [-0.2, 0) is 4.79 Å². The van der Waals surface area contributed by atoms with Crippen LogP contribution in [0.1, 0.15) is 15.9 Å². The number of hydrogen-bond acceptors (Lipinski definition) is 5. The topological polar surface area (TPSA) is 113 Å². The van der Waals surface area contributed by atoms with E-state index in [0.29, 0.717) is 10.8 Å². The van der Waals surface area contributed by atoms with Gasteiger partial charge in [-0.15, -0.1) is 0 Å². The zero-order valence-electron chi connectivity index (χ0n) is 16.3. The van der Waals surface area contributed by atoms with Gasteiger partial charge in [0.1, 0.15) is 11.6 Å². The fraction of sp³-hybridized carbons (Fsp3) is 0.0455. The lowest BCUT2D eigenvalue weighted by molar-refractivity contribution is -0.115. The minimum absolute atomic E-state index is 0.152. The Hall–Kier alpha value is -3.93. The molecule has 2 N–H and O–H groups in total. The molecule has 0 unspecified atom stereocenters. The lowest BCUT2D eigenvalue weighted by atomic mass is 10.2. The van der Waals surface area contributed by atoms with Crippen molar-refractivity contribution >= 4 is 51.7 Å². The molecule has 0 aliphatic heterocycles. The Bertz CT molecular complexity index is 1390. The SMILES string of the molecule is N#Cc1cnn(-c2ccc3ccccc3n2)c1NC(=O)CNC(=O)c1ccc(Cl)cc1Cl. The molecule has 0 bridgehead atoms. The van der Waals surface area contributed by atoms with Crippen molar-refractivity contribution in [2.24, 2.45) is 0 Å². The van der Waals surface area contributed by atoms with Crippen molar-refractivity contribution in [1.29, 1.82) is 5.26 Å². The summed E-state index contributed by atoms with van der Waals surface area (Å²) < 4.78 is 1.36. The first-order valence-electron chi connectivity index (χ1n) is 9.33. The largest absolute Gasteiger partial charge is 0.343 e. The summed E-state index contributed by atoms with van der Waals surface area (Å²) >= 11 is 11.9. The monoisotopic (exact) mass is 464 g/mol. The van der Waals surface area contributed by atoms with Gasteiger partial charge in [0, 0.05) is 10.4 Å². The lowest BCUT2D eigenvalue weighted by Gasteiger charge is -2.11. The Morgan fingerprint density at radius 1 is 1.09 bits per heavy atom. The Labute approximate surface area is 192 Å². The molecule has 2 aromatic heterocycles. The molecule has 0 atom stereocenters. The Morgan fingerprint density at radius 2 is 1.91 bits per heavy atom. The number of nitriles is 1. The van der Waals surface area contributed by atoms with E-state index in [0.717, 1.165) is 10.9 Å². The number of carbonyl (C=O) groups is 2. The van der Waals surface area contributed by atoms with Crippen LogP contribution in [0, 0.1) is 11.3 Å². The smallest absolute Gasteiger partial charge is 0.253 e. The molecule has 4 aromatic rings. The van der Waals surface area contributed by atoms with Crippen LogP contribution in [0.5, 0.6) is 0 Å². The van der Waals surface area contributed by atoms with Gasteiger partial charge in [0.15, 0.2) is 11.6 Å². The van der Waals surface area contributed by atoms with Crippen molar-refractivity contribution in [2.75, 3.05) is 11.9 Å². The number of pyridine rings is 1. The average Bonchev–Trinajstić information content (AvgIpc) is 3.19. The molecular weight excluding hydrogens is 451 g/mol. The van der Waals surface area contributed by atoms with Gasteiger partial charge in [0.05, 0.1) is 28.8 Å². The molecule has 4 rings (SSSR count). The van der Waals surface area contributed by atoms with Gasteiger partial charge in [0.25, 0.3) is 5.91 Å². The van der Waals surface area contributed by atoms with E-state index in [1.807, 2.05) is 36.4 Å². The standard InChI is InChI=1S/C22H14Cl2N6O2/c23-15-6-7-16(17(24)9-15)22(32)26-12-20(31)29-21-14(10-25)11-27-30(21)19-8-5-13-3-1-2-4-18(13)28-19/h1-9,11H,12H2,(H,26,32)(H,29,31). The predicted octanol–water partition coefficient (Wildman–Crippen LogP) is 3.97. The van der Waals surface area contributed by atoms with Gasteiger partial charge in [-0.2, -0.15) is 15.0 Å². The molecule has 0 saturated heterocycles. The summed E-state index contributed by atoms with van der Waals surface area (Å²) in [6.07, 6.45) is 1.33. The highest BCUT2D eigenvalue weighted by atomic mass is 35.5. The van der Waals surface area contributed by atoms with Gasteiger partial charge in [-0.05, 0) is 36.4 Å². The number of halogens is 2. The molecule has 8 nitrogen and oxygen atoms in total. The van der Waals surface area contributed by atoms with E-state index in [-0.39, 0.29) is 28.5 Å². The molecule has 10 heteroatoms. The second-order valence-electron chi connectivity index (χ2n) is 6.65. The molecule has 2 heterocycles. The highest BCUT2D eigenvalue weighted by Gasteiger charge is 2.17. The van der Waals surface area contributed by atoms with Crippen molar-refractivity contribution in [3.63, 3.8) is 0 Å². The maximum absolute atomic E-state index is 12.5. The summed E-state index contributed by atoms with van der Waals surface area (Å²) in [5.74, 6) is -0.508. The number of amides is 2. The number of fused-ring (bicyclic) bond motifs is 1. The number of anilines is 1. The molecule has 158 valence electrons. The van der Waals surface area contributed by atoms with E-state index >= 15 is 0 Å². The van der Waals surface area contributed by atoms with E-state index in [1.54, 1.807) is 6.07 Å². The van der Waals surface area contributed by atoms with E-state index in [9.17, 15) is 14.9 Å². The Balaban J connectivity index is 1.52. The first kappa shape index (κ1) is 21.3. The van der Waals surface area contributed by atoms with E-state index < -0.39 is 11.8 Å². The van der Waals surface area contributed by atoms with E-state index in [1.165, 1.54) is 29.1 Å². The summed E-state index contributed by atoms with van der Waals surface area (Å²) in [6, 6.07) is 17.6. The third-order valence-electron chi connectivity index (χ3n) is 4.53. The van der Waals surface area contributed by atoms with Gasteiger partial charge in [0.2, 0.25) is 5.91 Å². The van der Waals surface area contributed by atoms with Crippen LogP contribution in [0.3, 0.4) is 0 Å². The minimum Gasteiger partial charge on any atom is -0.343 e. The zero-order valence-corrected chi connectivity index (χ0v) is 17.9. The van der Waals surface area contributed by atoms with E-state index in [4.69, 9.17) is 23.2 Å². The van der Waals surface area contributed by atoms with E-state index in [2.05, 4.69) is 20.7 Å². The highest BCUT2D eigenvalue weighted by Crippen LogP contribution is 2.22. The lowest BCUT2D eigenvalue weighted by Crippen LogP contribution is -2.33. The highest BCUT2D eigenvalue weighted by molar-refractivity contribution is 6.36. The molecule has 2 aromatic carbocycles. The number of para-hydroxylation sites is 1. The Kier molecular flexibility index (Phi) is 6.03. The molecule has 0 aliphatic carbocycles. The summed E-state index contributed by atoms with van der Waals surface area (Å²) in [4.78, 5) is 29.4. The molecule has 2 amide bonds. The van der Waals surface area contributed by atoms with Crippen molar-refractivity contribution in [2.45, 2.75) is 0 Å². The average molecular weight is 465 g/mol. The van der Waals surface area contributed by atoms with Crippen LogP contribution >= 0.6 is 23.2 Å². The second-order valence-corrected chi connectivity index (χ2v) is 7.49. The molecular formula is C22H14Cl2N6O2. The third-order valence-corrected chi connectivity index (χ3v) is 5.08. The summed E-state index contributed by atoms with van der Waals surface area (Å²) in [7, 11) is 0. The normalized spacial score (nSPS) is 10.5. The first-order valence-corrected chi connectivity index (χ1v) is 10.1. The maximum atomic E-state index is 12.5. The quantitative estimate of drug-likeness (QED) is 0.463. The van der Waals surface area contributed by atoms with Gasteiger partial charge in [-0.3, -0.25) is 9.59 Å². The fourth-order valence-corrected chi connectivity index (χ4v) is 3.50. The number of hydrogen-bond donors (Lipinski definition) is 2. The molecule has 32 heavy (non-hydrogen) atoms. The molecule has 0 aliphatic rings. The number of aromatic nitrogens is 3. The number of nitrogens with one attached hydrogen (secondary N) is 2. The van der Waals surface area contributed by atoms with Crippen molar-refractivity contribution < 1.29 is 9.59 Å². The molecule has 0 fully saturated rings. The van der Waals surface area contributed by atoms with Crippen molar-refractivity contribution in [3.05, 3.63) is 82.0 Å². The minimum atomic E-state index is -0.553. The maximum Gasteiger partial charge on any atom is 0.253 e. The number of benzene rings is 2. The third kappa shape index (κ3) is 4.39. The first-order chi connectivity index (χ1) is 15.5. The molecule has 0 saturated carbocycles. The Morgan fingerprint density at radius 3 is 2.69 bits per heavy atom. The van der Waals surface area contributed by atoms with Crippen LogP contribution in [-0.4, -0.2) is 33.1 Å². The fourth-order valence-electron chi connectivity index (χ4n) is 3.00. The van der Waals surface area contributed by atoms with Gasteiger partial charge in [-0.1, -0.05) is 41.4 Å². The van der Waals surface area contributed by atoms with Crippen LogP contribution in [0.15, 0.2) is 60.8 Å². The zero-order chi connectivity index (χ0) is 22.7. The molecule has 0 radical (unpaired) electrons. The summed E-state index contributed by atoms with van der Waals surface area (Å²) in [5.41, 5.74) is 1.08. The van der Waals surface area contributed by atoms with Gasteiger partial charge in [-0.25, -0.2) is 4.98 Å². The number of rotatable bonds is 5. The number of carbonyl (C=O) groups excluding carboxylic acids is 2. The predicted molar refractivity (Wildman–Crippen MR) is 121 cm³/mol. The summed E-state index contributed by atoms with van der Waals surface area (Å²) in [6.45, 7) is -0.348. The molecule has 0 spiro atoms. The van der Waals surface area contributed by atoms with Crippen molar-refractivity contribution in [3.8, 4) is 11.9 Å². The van der Waals surface area contributed by atoms with Crippen LogP contribution < -0.4 is 10.6 Å². The van der Waals surface area contributed by atoms with Gasteiger partial charge < -0.3 is 10.6 Å². The van der Waals surface area contributed by atoms with Crippen molar-refractivity contribution in [1.82, 2.24) is 20.1 Å².